The highest BCUT2D eigenvalue weighted by atomic mass is 32.2. The fourth-order valence-electron chi connectivity index (χ4n) is 1.71. The van der Waals surface area contributed by atoms with Crippen LogP contribution in [-0.4, -0.2) is 41.8 Å². The lowest BCUT2D eigenvalue weighted by atomic mass is 10.2. The number of nitrogen functional groups attached to an aromatic ring is 1. The molecule has 1 rings (SSSR count). The molecule has 0 saturated carbocycles. The molecule has 0 aliphatic carbocycles. The summed E-state index contributed by atoms with van der Waals surface area (Å²) in [7, 11) is -0.204. The third-order valence-corrected chi connectivity index (χ3v) is 4.28. The fraction of sp³-hybridized carbons (Fsp3) is 0.538. The summed E-state index contributed by atoms with van der Waals surface area (Å²) in [5.74, 6) is 0. The molecular formula is C13H23N3O3S. The summed E-state index contributed by atoms with van der Waals surface area (Å²) >= 11 is 0. The lowest BCUT2D eigenvalue weighted by molar-refractivity contribution is 0.0846. The van der Waals surface area contributed by atoms with Crippen LogP contribution in [0.2, 0.25) is 0 Å². The predicted molar refractivity (Wildman–Crippen MR) is 81.5 cm³/mol. The maximum absolute atomic E-state index is 11.7. The van der Waals surface area contributed by atoms with Crippen LogP contribution >= 0.6 is 0 Å². The number of nitrogens with zero attached hydrogens (tertiary/aromatic N) is 1. The van der Waals surface area contributed by atoms with Crippen LogP contribution in [0.15, 0.2) is 23.1 Å². The van der Waals surface area contributed by atoms with Gasteiger partial charge in [-0.1, -0.05) is 0 Å². The minimum absolute atomic E-state index is 0.160. The summed E-state index contributed by atoms with van der Waals surface area (Å²) in [6.07, 6.45) is 0.184. The molecule has 0 unspecified atom stereocenters. The molecule has 0 radical (unpaired) electrons. The molecule has 0 aliphatic heterocycles. The maximum atomic E-state index is 11.7. The molecule has 6 nitrogen and oxygen atoms in total. The number of nitrogens with two attached hydrogens (primary N) is 1. The summed E-state index contributed by atoms with van der Waals surface area (Å²) in [4.78, 5) is 2.10. The molecule has 7 heteroatoms. The first-order valence-corrected chi connectivity index (χ1v) is 7.92. The number of anilines is 2. The van der Waals surface area contributed by atoms with Crippen molar-refractivity contribution < 1.29 is 13.2 Å². The first-order valence-electron chi connectivity index (χ1n) is 6.43. The highest BCUT2D eigenvalue weighted by Gasteiger charge is 2.14. The Hall–Kier alpha value is -1.31. The second kappa shape index (κ2) is 6.92. The number of hydrogen-bond donors (Lipinski definition) is 2. The van der Waals surface area contributed by atoms with E-state index in [-0.39, 0.29) is 11.0 Å². The zero-order valence-corrected chi connectivity index (χ0v) is 13.2. The number of hydrogen-bond acceptors (Lipinski definition) is 5. The average Bonchev–Trinajstić information content (AvgIpc) is 2.37. The molecule has 1 aromatic carbocycles. The van der Waals surface area contributed by atoms with E-state index < -0.39 is 10.0 Å². The second-order valence-corrected chi connectivity index (χ2v) is 6.66. The Morgan fingerprint density at radius 2 is 2.05 bits per heavy atom. The van der Waals surface area contributed by atoms with Crippen LogP contribution in [-0.2, 0) is 14.8 Å². The third-order valence-electron chi connectivity index (χ3n) is 2.87. The van der Waals surface area contributed by atoms with Gasteiger partial charge in [-0.05, 0) is 39.1 Å². The number of nitrogens with one attached hydrogen (secondary N) is 1. The Kier molecular flexibility index (Phi) is 5.79. The Labute approximate surface area is 121 Å². The first-order chi connectivity index (χ1) is 9.27. The van der Waals surface area contributed by atoms with E-state index in [1.54, 1.807) is 6.07 Å². The van der Waals surface area contributed by atoms with Crippen molar-refractivity contribution in [1.82, 2.24) is 4.72 Å². The Bertz CT molecular complexity index is 544. The summed E-state index contributed by atoms with van der Waals surface area (Å²) in [5.41, 5.74) is 7.14. The van der Waals surface area contributed by atoms with Crippen molar-refractivity contribution in [2.75, 3.05) is 37.9 Å². The molecule has 114 valence electrons. The molecule has 0 bridgehead atoms. The molecule has 3 N–H and O–H groups in total. The van der Waals surface area contributed by atoms with Crippen molar-refractivity contribution in [3.8, 4) is 0 Å². The van der Waals surface area contributed by atoms with Gasteiger partial charge in [-0.15, -0.1) is 0 Å². The van der Waals surface area contributed by atoms with Gasteiger partial charge < -0.3 is 15.4 Å². The van der Waals surface area contributed by atoms with Crippen LogP contribution in [0.1, 0.15) is 13.8 Å². The van der Waals surface area contributed by atoms with Crippen molar-refractivity contribution in [2.24, 2.45) is 0 Å². The molecule has 0 aromatic heterocycles. The van der Waals surface area contributed by atoms with Crippen molar-refractivity contribution in [1.29, 1.82) is 0 Å². The average molecular weight is 301 g/mol. The highest BCUT2D eigenvalue weighted by molar-refractivity contribution is 7.89. The van der Waals surface area contributed by atoms with E-state index >= 15 is 0 Å². The lowest BCUT2D eigenvalue weighted by Gasteiger charge is -2.22. The number of rotatable bonds is 7. The Balaban J connectivity index is 2.83. The first kappa shape index (κ1) is 16.7. The van der Waals surface area contributed by atoms with Crippen LogP contribution in [0.25, 0.3) is 0 Å². The summed E-state index contributed by atoms with van der Waals surface area (Å²) in [5, 5.41) is 0. The minimum atomic E-state index is -3.46. The minimum Gasteiger partial charge on any atom is -0.397 e. The molecule has 1 aromatic rings. The van der Waals surface area contributed by atoms with Crippen LogP contribution < -0.4 is 15.4 Å². The van der Waals surface area contributed by atoms with E-state index in [0.29, 0.717) is 18.8 Å². The van der Waals surface area contributed by atoms with E-state index in [9.17, 15) is 8.42 Å². The summed E-state index contributed by atoms with van der Waals surface area (Å²) in [6, 6.07) is 4.70. The maximum Gasteiger partial charge on any atom is 0.240 e. The van der Waals surface area contributed by atoms with Gasteiger partial charge in [0.15, 0.2) is 0 Å². The van der Waals surface area contributed by atoms with Crippen molar-refractivity contribution in [2.45, 2.75) is 24.8 Å². The van der Waals surface area contributed by atoms with Gasteiger partial charge in [0.25, 0.3) is 0 Å². The van der Waals surface area contributed by atoms with Crippen molar-refractivity contribution >= 4 is 21.4 Å². The van der Waals surface area contributed by atoms with Gasteiger partial charge in [-0.3, -0.25) is 0 Å². The molecule has 0 fully saturated rings. The molecule has 0 heterocycles. The second-order valence-electron chi connectivity index (χ2n) is 4.77. The van der Waals surface area contributed by atoms with Gasteiger partial charge in [0.1, 0.15) is 0 Å². The van der Waals surface area contributed by atoms with Crippen LogP contribution in [0, 0.1) is 0 Å². The number of likely N-dealkylation sites (N-methyl/N-ethyl adjacent to an activating group) is 1. The van der Waals surface area contributed by atoms with E-state index in [1.807, 2.05) is 25.8 Å². The molecule has 0 amide bonds. The van der Waals surface area contributed by atoms with Crippen molar-refractivity contribution in [3.05, 3.63) is 18.2 Å². The Morgan fingerprint density at radius 3 is 2.55 bits per heavy atom. The van der Waals surface area contributed by atoms with Crippen LogP contribution in [0.5, 0.6) is 0 Å². The smallest absolute Gasteiger partial charge is 0.240 e. The summed E-state index contributed by atoms with van der Waals surface area (Å²) in [6.45, 7) is 5.22. The van der Waals surface area contributed by atoms with Crippen LogP contribution in [0.4, 0.5) is 11.4 Å². The monoisotopic (exact) mass is 301 g/mol. The molecule has 20 heavy (non-hydrogen) atoms. The quantitative estimate of drug-likeness (QED) is 0.735. The van der Waals surface area contributed by atoms with Gasteiger partial charge in [-0.2, -0.15) is 0 Å². The predicted octanol–water partition coefficient (Wildman–Crippen LogP) is 1.04. The van der Waals surface area contributed by atoms with Crippen LogP contribution in [0.3, 0.4) is 0 Å². The number of benzene rings is 1. The fourth-order valence-corrected chi connectivity index (χ4v) is 2.48. The van der Waals surface area contributed by atoms with Gasteiger partial charge >= 0.3 is 0 Å². The third kappa shape index (κ3) is 4.36. The Morgan fingerprint density at radius 1 is 1.40 bits per heavy atom. The number of ether oxygens (including phenoxy) is 1. The standard InChI is InChI=1S/C13H23N3O3S/c1-10(2)19-8-7-16(4)13-6-5-11(9-12(13)14)20(17,18)15-3/h5-6,9-10,15H,7-8,14H2,1-4H3. The largest absolute Gasteiger partial charge is 0.397 e. The van der Waals surface area contributed by atoms with Gasteiger partial charge in [-0.25, -0.2) is 13.1 Å². The molecular weight excluding hydrogens is 278 g/mol. The van der Waals surface area contributed by atoms with Gasteiger partial charge in [0, 0.05) is 13.6 Å². The topological polar surface area (TPSA) is 84.7 Å². The van der Waals surface area contributed by atoms with E-state index in [4.69, 9.17) is 10.5 Å². The highest BCUT2D eigenvalue weighted by Crippen LogP contribution is 2.25. The molecule has 0 atom stereocenters. The zero-order chi connectivity index (χ0) is 15.3. The SMILES string of the molecule is CNS(=O)(=O)c1ccc(N(C)CCOC(C)C)c(N)c1. The molecule has 0 spiro atoms. The lowest BCUT2D eigenvalue weighted by Crippen LogP contribution is -2.25. The molecule has 0 aliphatic rings. The summed E-state index contributed by atoms with van der Waals surface area (Å²) < 4.78 is 31.1. The van der Waals surface area contributed by atoms with Crippen molar-refractivity contribution in [3.63, 3.8) is 0 Å². The number of sulfonamides is 1. The zero-order valence-electron chi connectivity index (χ0n) is 12.4. The van der Waals surface area contributed by atoms with Gasteiger partial charge in [0.2, 0.25) is 10.0 Å². The van der Waals surface area contributed by atoms with E-state index in [2.05, 4.69) is 4.72 Å². The van der Waals surface area contributed by atoms with E-state index in [0.717, 1.165) is 5.69 Å². The molecule has 0 saturated heterocycles. The van der Waals surface area contributed by atoms with Gasteiger partial charge in [0.05, 0.1) is 29.0 Å². The normalized spacial score (nSPS) is 11.8. The van der Waals surface area contributed by atoms with E-state index in [1.165, 1.54) is 19.2 Å².